The highest BCUT2D eigenvalue weighted by molar-refractivity contribution is 7.08. The number of anilines is 1. The first kappa shape index (κ1) is 14.4. The summed E-state index contributed by atoms with van der Waals surface area (Å²) in [5, 5.41) is 27.9. The van der Waals surface area contributed by atoms with Gasteiger partial charge in [0.15, 0.2) is 0 Å². The van der Waals surface area contributed by atoms with Gasteiger partial charge >= 0.3 is 0 Å². The van der Waals surface area contributed by atoms with Crippen molar-refractivity contribution in [1.29, 1.82) is 0 Å². The lowest BCUT2D eigenvalue weighted by molar-refractivity contribution is -0.385. The van der Waals surface area contributed by atoms with E-state index in [1.807, 2.05) is 16.8 Å². The highest BCUT2D eigenvalue weighted by Gasteiger charge is 2.23. The summed E-state index contributed by atoms with van der Waals surface area (Å²) >= 11 is 1.52. The molecular formula is C13H15N3O3S. The van der Waals surface area contributed by atoms with E-state index in [0.717, 1.165) is 5.56 Å². The topological polar surface area (TPSA) is 88.3 Å². The molecule has 1 unspecified atom stereocenters. The zero-order valence-electron chi connectivity index (χ0n) is 11.2. The summed E-state index contributed by atoms with van der Waals surface area (Å²) in [6.45, 7) is 3.64. The quantitative estimate of drug-likeness (QED) is 0.653. The molecule has 1 atom stereocenters. The van der Waals surface area contributed by atoms with Crippen LogP contribution in [0.4, 0.5) is 11.5 Å². The van der Waals surface area contributed by atoms with E-state index in [1.165, 1.54) is 17.5 Å². The number of hydrogen-bond donors (Lipinski definition) is 2. The van der Waals surface area contributed by atoms with E-state index >= 15 is 0 Å². The molecule has 0 saturated heterocycles. The van der Waals surface area contributed by atoms with Crippen molar-refractivity contribution in [3.8, 4) is 0 Å². The molecular weight excluding hydrogens is 278 g/mol. The Morgan fingerprint density at radius 2 is 2.35 bits per heavy atom. The Kier molecular flexibility index (Phi) is 4.01. The molecule has 20 heavy (non-hydrogen) atoms. The van der Waals surface area contributed by atoms with Gasteiger partial charge in [0, 0.05) is 12.1 Å². The van der Waals surface area contributed by atoms with Crippen molar-refractivity contribution in [2.45, 2.75) is 19.4 Å². The second kappa shape index (κ2) is 5.56. The second-order valence-electron chi connectivity index (χ2n) is 4.75. The third kappa shape index (κ3) is 3.12. The predicted molar refractivity (Wildman–Crippen MR) is 78.0 cm³/mol. The number of nitrogens with zero attached hydrogens (tertiary/aromatic N) is 2. The number of hydrogen-bond acceptors (Lipinski definition) is 6. The third-order valence-corrected chi connectivity index (χ3v) is 3.72. The zero-order valence-corrected chi connectivity index (χ0v) is 12.0. The molecule has 6 nitrogen and oxygen atoms in total. The normalized spacial score (nSPS) is 13.8. The maximum Gasteiger partial charge on any atom is 0.290 e. The molecule has 0 aliphatic heterocycles. The van der Waals surface area contributed by atoms with E-state index in [1.54, 1.807) is 19.9 Å². The first-order valence-electron chi connectivity index (χ1n) is 6.00. The van der Waals surface area contributed by atoms with Gasteiger partial charge in [0.25, 0.3) is 5.69 Å². The van der Waals surface area contributed by atoms with Gasteiger partial charge in [-0.15, -0.1) is 0 Å². The van der Waals surface area contributed by atoms with Crippen molar-refractivity contribution in [3.05, 3.63) is 50.3 Å². The predicted octanol–water partition coefficient (Wildman–Crippen LogP) is 2.68. The molecule has 0 bridgehead atoms. The third-order valence-electron chi connectivity index (χ3n) is 3.04. The standard InChI is InChI=1S/C13H15N3O3S/c1-9-5-12(14-6-11(9)16(18)19)15-8-13(2,17)10-3-4-20-7-10/h3-7,17H,8H2,1-2H3,(H,14,15). The van der Waals surface area contributed by atoms with Crippen LogP contribution in [0.2, 0.25) is 0 Å². The number of aromatic nitrogens is 1. The Morgan fingerprint density at radius 3 is 2.90 bits per heavy atom. The molecule has 0 fully saturated rings. The minimum absolute atomic E-state index is 0.0138. The van der Waals surface area contributed by atoms with E-state index in [0.29, 0.717) is 11.4 Å². The Morgan fingerprint density at radius 1 is 1.60 bits per heavy atom. The Labute approximate surface area is 120 Å². The summed E-state index contributed by atoms with van der Waals surface area (Å²) in [5.74, 6) is 0.503. The molecule has 0 radical (unpaired) electrons. The number of aryl methyl sites for hydroxylation is 1. The highest BCUT2D eigenvalue weighted by Crippen LogP contribution is 2.24. The first-order chi connectivity index (χ1) is 9.40. The maximum atomic E-state index is 10.7. The van der Waals surface area contributed by atoms with Gasteiger partial charge in [-0.05, 0) is 42.3 Å². The lowest BCUT2D eigenvalue weighted by Gasteiger charge is -2.23. The minimum atomic E-state index is -1.02. The fourth-order valence-corrected chi connectivity index (χ4v) is 2.56. The molecule has 0 amide bonds. The monoisotopic (exact) mass is 293 g/mol. The zero-order chi connectivity index (χ0) is 14.8. The van der Waals surface area contributed by atoms with Crippen LogP contribution in [-0.2, 0) is 5.60 Å². The highest BCUT2D eigenvalue weighted by atomic mass is 32.1. The molecule has 0 aliphatic carbocycles. The lowest BCUT2D eigenvalue weighted by Crippen LogP contribution is -2.30. The largest absolute Gasteiger partial charge is 0.384 e. The second-order valence-corrected chi connectivity index (χ2v) is 5.53. The van der Waals surface area contributed by atoms with Crippen LogP contribution in [0.15, 0.2) is 29.1 Å². The molecule has 0 aliphatic rings. The van der Waals surface area contributed by atoms with Gasteiger partial charge < -0.3 is 10.4 Å². The van der Waals surface area contributed by atoms with Crippen molar-refractivity contribution in [1.82, 2.24) is 4.98 Å². The molecule has 106 valence electrons. The van der Waals surface area contributed by atoms with Gasteiger partial charge in [-0.2, -0.15) is 11.3 Å². The minimum Gasteiger partial charge on any atom is -0.384 e. The summed E-state index contributed by atoms with van der Waals surface area (Å²) < 4.78 is 0. The van der Waals surface area contributed by atoms with Crippen LogP contribution < -0.4 is 5.32 Å². The van der Waals surface area contributed by atoms with Crippen LogP contribution >= 0.6 is 11.3 Å². The number of nitrogens with one attached hydrogen (secondary N) is 1. The van der Waals surface area contributed by atoms with Gasteiger partial charge in [-0.1, -0.05) is 0 Å². The fraction of sp³-hybridized carbons (Fsp3) is 0.308. The molecule has 2 N–H and O–H groups in total. The molecule has 0 spiro atoms. The van der Waals surface area contributed by atoms with Crippen molar-refractivity contribution in [2.75, 3.05) is 11.9 Å². The average Bonchev–Trinajstić information content (AvgIpc) is 2.90. The Bertz CT molecular complexity index is 611. The lowest BCUT2D eigenvalue weighted by atomic mass is 9.99. The van der Waals surface area contributed by atoms with Crippen LogP contribution in [0.5, 0.6) is 0 Å². The summed E-state index contributed by atoms with van der Waals surface area (Å²) in [5.41, 5.74) is 0.327. The molecule has 2 aromatic rings. The maximum absolute atomic E-state index is 10.7. The molecule has 2 rings (SSSR count). The van der Waals surface area contributed by atoms with E-state index in [2.05, 4.69) is 10.3 Å². The summed E-state index contributed by atoms with van der Waals surface area (Å²) in [7, 11) is 0. The Hall–Kier alpha value is -1.99. The SMILES string of the molecule is Cc1cc(NCC(C)(O)c2ccsc2)ncc1[N+](=O)[O-]. The molecule has 7 heteroatoms. The summed E-state index contributed by atoms with van der Waals surface area (Å²) in [6.07, 6.45) is 1.22. The molecule has 2 aromatic heterocycles. The van der Waals surface area contributed by atoms with Crippen LogP contribution in [0, 0.1) is 17.0 Å². The van der Waals surface area contributed by atoms with Gasteiger partial charge in [-0.25, -0.2) is 4.98 Å². The van der Waals surface area contributed by atoms with E-state index in [4.69, 9.17) is 0 Å². The van der Waals surface area contributed by atoms with Crippen LogP contribution in [0.1, 0.15) is 18.1 Å². The number of thiophene rings is 1. The average molecular weight is 293 g/mol. The molecule has 0 saturated carbocycles. The van der Waals surface area contributed by atoms with Gasteiger partial charge in [0.1, 0.15) is 17.6 Å². The van der Waals surface area contributed by atoms with E-state index in [9.17, 15) is 15.2 Å². The van der Waals surface area contributed by atoms with Crippen molar-refractivity contribution < 1.29 is 10.0 Å². The van der Waals surface area contributed by atoms with Crippen molar-refractivity contribution in [3.63, 3.8) is 0 Å². The van der Waals surface area contributed by atoms with Crippen molar-refractivity contribution >= 4 is 22.8 Å². The summed E-state index contributed by atoms with van der Waals surface area (Å²) in [4.78, 5) is 14.2. The van der Waals surface area contributed by atoms with Gasteiger partial charge in [0.2, 0.25) is 0 Å². The number of aliphatic hydroxyl groups is 1. The van der Waals surface area contributed by atoms with Crippen LogP contribution in [-0.4, -0.2) is 21.6 Å². The summed E-state index contributed by atoms with van der Waals surface area (Å²) in [6, 6.07) is 3.46. The fourth-order valence-electron chi connectivity index (χ4n) is 1.77. The van der Waals surface area contributed by atoms with Gasteiger partial charge in [-0.3, -0.25) is 10.1 Å². The molecule has 0 aromatic carbocycles. The molecule has 2 heterocycles. The van der Waals surface area contributed by atoms with Crippen LogP contribution in [0.3, 0.4) is 0 Å². The number of pyridine rings is 1. The van der Waals surface area contributed by atoms with Crippen LogP contribution in [0.25, 0.3) is 0 Å². The Balaban J connectivity index is 2.08. The van der Waals surface area contributed by atoms with E-state index in [-0.39, 0.29) is 12.2 Å². The van der Waals surface area contributed by atoms with E-state index < -0.39 is 10.5 Å². The number of nitro groups is 1. The van der Waals surface area contributed by atoms with Crippen molar-refractivity contribution in [2.24, 2.45) is 0 Å². The smallest absolute Gasteiger partial charge is 0.290 e. The first-order valence-corrected chi connectivity index (χ1v) is 6.94. The van der Waals surface area contributed by atoms with Gasteiger partial charge in [0.05, 0.1) is 4.92 Å². The number of rotatable bonds is 5.